The Bertz CT molecular complexity index is 1270. The van der Waals surface area contributed by atoms with Crippen molar-refractivity contribution in [2.75, 3.05) is 13.1 Å². The number of likely N-dealkylation sites (tertiary alicyclic amines) is 1. The standard InChI is InChI=1S/C23H26N6O/c1-14(2)29-22-18(10-25-29)23(30)27-21(26-22)19-13-28(11-15(19)3)12-16-8-9-24-20-7-5-4-6-17(16)20/h4-10,14-15,19H,11-13H2,1-3H3,(H,26,27,30)/t15-,19-/m1/s1. The Labute approximate surface area is 174 Å². The monoisotopic (exact) mass is 402 g/mol. The number of nitrogens with one attached hydrogen (secondary N) is 1. The summed E-state index contributed by atoms with van der Waals surface area (Å²) >= 11 is 0. The molecule has 4 heterocycles. The summed E-state index contributed by atoms with van der Waals surface area (Å²) in [7, 11) is 0. The number of hydrogen-bond acceptors (Lipinski definition) is 5. The number of benzene rings is 1. The summed E-state index contributed by atoms with van der Waals surface area (Å²) in [5.74, 6) is 1.35. The second kappa shape index (κ2) is 7.32. The van der Waals surface area contributed by atoms with Crippen molar-refractivity contribution in [3.05, 3.63) is 64.5 Å². The van der Waals surface area contributed by atoms with Gasteiger partial charge in [-0.1, -0.05) is 25.1 Å². The molecule has 4 aromatic rings. The summed E-state index contributed by atoms with van der Waals surface area (Å²) in [6, 6.07) is 10.5. The summed E-state index contributed by atoms with van der Waals surface area (Å²) in [6.45, 7) is 9.02. The first-order valence-corrected chi connectivity index (χ1v) is 10.5. The summed E-state index contributed by atoms with van der Waals surface area (Å²) in [4.78, 5) is 27.4. The lowest BCUT2D eigenvalue weighted by atomic mass is 9.97. The van der Waals surface area contributed by atoms with Crippen molar-refractivity contribution in [3.63, 3.8) is 0 Å². The molecule has 2 atom stereocenters. The maximum absolute atomic E-state index is 12.6. The van der Waals surface area contributed by atoms with Crippen LogP contribution in [0.5, 0.6) is 0 Å². The summed E-state index contributed by atoms with van der Waals surface area (Å²) in [5.41, 5.74) is 2.88. The summed E-state index contributed by atoms with van der Waals surface area (Å²) in [6.07, 6.45) is 3.50. The van der Waals surface area contributed by atoms with Gasteiger partial charge in [-0.05, 0) is 37.5 Å². The molecular formula is C23H26N6O. The van der Waals surface area contributed by atoms with Crippen molar-refractivity contribution in [1.82, 2.24) is 29.6 Å². The van der Waals surface area contributed by atoms with Gasteiger partial charge in [-0.3, -0.25) is 14.7 Å². The fourth-order valence-corrected chi connectivity index (χ4v) is 4.59. The zero-order chi connectivity index (χ0) is 20.8. The molecule has 7 heteroatoms. The molecule has 1 fully saturated rings. The van der Waals surface area contributed by atoms with Crippen LogP contribution in [0.3, 0.4) is 0 Å². The van der Waals surface area contributed by atoms with Crippen molar-refractivity contribution in [1.29, 1.82) is 0 Å². The van der Waals surface area contributed by atoms with E-state index in [4.69, 9.17) is 4.98 Å². The third kappa shape index (κ3) is 3.19. The van der Waals surface area contributed by atoms with Crippen LogP contribution in [-0.2, 0) is 6.54 Å². The van der Waals surface area contributed by atoms with Gasteiger partial charge in [-0.25, -0.2) is 9.67 Å². The molecule has 0 radical (unpaired) electrons. The van der Waals surface area contributed by atoms with Gasteiger partial charge in [0.25, 0.3) is 5.56 Å². The molecule has 0 bridgehead atoms. The molecule has 0 saturated carbocycles. The zero-order valence-corrected chi connectivity index (χ0v) is 17.5. The Balaban J connectivity index is 1.44. The van der Waals surface area contributed by atoms with Crippen LogP contribution in [0.25, 0.3) is 21.9 Å². The molecule has 0 spiro atoms. The number of nitrogens with zero attached hydrogens (tertiary/aromatic N) is 5. The predicted octanol–water partition coefficient (Wildman–Crippen LogP) is 3.48. The van der Waals surface area contributed by atoms with E-state index in [1.54, 1.807) is 6.20 Å². The maximum Gasteiger partial charge on any atom is 0.262 e. The highest BCUT2D eigenvalue weighted by Gasteiger charge is 2.33. The maximum atomic E-state index is 12.6. The minimum absolute atomic E-state index is 0.104. The van der Waals surface area contributed by atoms with Crippen molar-refractivity contribution in [2.45, 2.75) is 39.3 Å². The fourth-order valence-electron chi connectivity index (χ4n) is 4.59. The minimum Gasteiger partial charge on any atom is -0.310 e. The molecule has 1 saturated heterocycles. The van der Waals surface area contributed by atoms with Gasteiger partial charge < -0.3 is 4.98 Å². The molecule has 0 unspecified atom stereocenters. The highest BCUT2D eigenvalue weighted by Crippen LogP contribution is 2.32. The normalized spacial score (nSPS) is 20.0. The zero-order valence-electron chi connectivity index (χ0n) is 17.5. The summed E-state index contributed by atoms with van der Waals surface area (Å²) < 4.78 is 1.83. The van der Waals surface area contributed by atoms with Gasteiger partial charge in [0.05, 0.1) is 11.7 Å². The van der Waals surface area contributed by atoms with Crippen molar-refractivity contribution in [2.24, 2.45) is 5.92 Å². The van der Waals surface area contributed by atoms with Crippen LogP contribution in [-0.4, -0.2) is 42.7 Å². The molecule has 154 valence electrons. The molecule has 1 aliphatic rings. The Kier molecular flexibility index (Phi) is 4.62. The van der Waals surface area contributed by atoms with E-state index in [-0.39, 0.29) is 17.5 Å². The average molecular weight is 403 g/mol. The Morgan fingerprint density at radius 2 is 2.00 bits per heavy atom. The van der Waals surface area contributed by atoms with Gasteiger partial charge in [0, 0.05) is 43.2 Å². The highest BCUT2D eigenvalue weighted by atomic mass is 16.1. The average Bonchev–Trinajstić information content (AvgIpc) is 3.32. The van der Waals surface area contributed by atoms with E-state index in [2.05, 4.69) is 51.2 Å². The molecule has 7 nitrogen and oxygen atoms in total. The number of H-pyrrole nitrogens is 1. The first-order chi connectivity index (χ1) is 14.5. The van der Waals surface area contributed by atoms with Gasteiger partial charge >= 0.3 is 0 Å². The van der Waals surface area contributed by atoms with E-state index in [1.165, 1.54) is 10.9 Å². The smallest absolute Gasteiger partial charge is 0.262 e. The SMILES string of the molecule is CC(C)n1ncc2c(=O)[nH]c([C@@H]3CN(Cc4ccnc5ccccc45)C[C@H]3C)nc21. The van der Waals surface area contributed by atoms with Crippen LogP contribution in [0, 0.1) is 5.92 Å². The second-order valence-electron chi connectivity index (χ2n) is 8.64. The Morgan fingerprint density at radius 3 is 2.83 bits per heavy atom. The molecule has 0 amide bonds. The molecule has 1 aliphatic heterocycles. The van der Waals surface area contributed by atoms with Crippen LogP contribution in [0.1, 0.15) is 44.1 Å². The molecular weight excluding hydrogens is 376 g/mol. The number of hydrogen-bond donors (Lipinski definition) is 1. The third-order valence-corrected chi connectivity index (χ3v) is 6.14. The van der Waals surface area contributed by atoms with E-state index in [0.717, 1.165) is 31.0 Å². The lowest BCUT2D eigenvalue weighted by molar-refractivity contribution is 0.319. The number of rotatable bonds is 4. The summed E-state index contributed by atoms with van der Waals surface area (Å²) in [5, 5.41) is 6.11. The van der Waals surface area contributed by atoms with Gasteiger partial charge in [0.15, 0.2) is 5.65 Å². The van der Waals surface area contributed by atoms with E-state index < -0.39 is 0 Å². The molecule has 3 aromatic heterocycles. The number of fused-ring (bicyclic) bond motifs is 2. The fraction of sp³-hybridized carbons (Fsp3) is 0.391. The lowest BCUT2D eigenvalue weighted by Gasteiger charge is -2.17. The highest BCUT2D eigenvalue weighted by molar-refractivity contribution is 5.81. The van der Waals surface area contributed by atoms with Crippen molar-refractivity contribution >= 4 is 21.9 Å². The number of aromatic amines is 1. The van der Waals surface area contributed by atoms with E-state index in [1.807, 2.05) is 30.8 Å². The van der Waals surface area contributed by atoms with E-state index >= 15 is 0 Å². The van der Waals surface area contributed by atoms with Gasteiger partial charge in [0.1, 0.15) is 11.2 Å². The molecule has 1 aromatic carbocycles. The lowest BCUT2D eigenvalue weighted by Crippen LogP contribution is -2.21. The Morgan fingerprint density at radius 1 is 1.17 bits per heavy atom. The first-order valence-electron chi connectivity index (χ1n) is 10.5. The van der Waals surface area contributed by atoms with E-state index in [9.17, 15) is 4.79 Å². The third-order valence-electron chi connectivity index (χ3n) is 6.14. The molecule has 30 heavy (non-hydrogen) atoms. The first kappa shape index (κ1) is 18.9. The van der Waals surface area contributed by atoms with Crippen molar-refractivity contribution < 1.29 is 0 Å². The number of para-hydroxylation sites is 1. The quantitative estimate of drug-likeness (QED) is 0.565. The van der Waals surface area contributed by atoms with Crippen LogP contribution >= 0.6 is 0 Å². The van der Waals surface area contributed by atoms with Crippen molar-refractivity contribution in [3.8, 4) is 0 Å². The second-order valence-corrected chi connectivity index (χ2v) is 8.64. The topological polar surface area (TPSA) is 79.7 Å². The van der Waals surface area contributed by atoms with Gasteiger partial charge in [0.2, 0.25) is 0 Å². The van der Waals surface area contributed by atoms with Gasteiger partial charge in [-0.15, -0.1) is 0 Å². The number of pyridine rings is 1. The molecule has 1 N–H and O–H groups in total. The molecule has 5 rings (SSSR count). The minimum atomic E-state index is -0.104. The van der Waals surface area contributed by atoms with Crippen LogP contribution in [0.2, 0.25) is 0 Å². The molecule has 0 aliphatic carbocycles. The largest absolute Gasteiger partial charge is 0.310 e. The number of aromatic nitrogens is 5. The van der Waals surface area contributed by atoms with Crippen LogP contribution < -0.4 is 5.56 Å². The predicted molar refractivity (Wildman–Crippen MR) is 117 cm³/mol. The van der Waals surface area contributed by atoms with Crippen LogP contribution in [0.15, 0.2) is 47.5 Å². The van der Waals surface area contributed by atoms with Gasteiger partial charge in [-0.2, -0.15) is 5.10 Å². The van der Waals surface area contributed by atoms with E-state index in [0.29, 0.717) is 17.0 Å². The Hall–Kier alpha value is -3.06. The van der Waals surface area contributed by atoms with Crippen LogP contribution in [0.4, 0.5) is 0 Å².